The van der Waals surface area contributed by atoms with Gasteiger partial charge in [-0.25, -0.2) is 4.98 Å². The third-order valence-electron chi connectivity index (χ3n) is 4.11. The van der Waals surface area contributed by atoms with Gasteiger partial charge in [0, 0.05) is 24.0 Å². The lowest BCUT2D eigenvalue weighted by Gasteiger charge is -2.22. The highest BCUT2D eigenvalue weighted by Crippen LogP contribution is 2.24. The van der Waals surface area contributed by atoms with Gasteiger partial charge in [-0.1, -0.05) is 30.6 Å². The van der Waals surface area contributed by atoms with Crippen LogP contribution in [0.5, 0.6) is 0 Å². The van der Waals surface area contributed by atoms with E-state index in [1.807, 2.05) is 0 Å². The van der Waals surface area contributed by atoms with Crippen molar-refractivity contribution >= 4 is 28.3 Å². The number of hydrogen-bond acceptors (Lipinski definition) is 5. The molecule has 2 aromatic rings. The van der Waals surface area contributed by atoms with E-state index in [1.165, 1.54) is 30.6 Å². The van der Waals surface area contributed by atoms with Gasteiger partial charge in [-0.2, -0.15) is 0 Å². The molecule has 0 aromatic carbocycles. The standard InChI is InChI=1S/C17H20N4O2S/c1-11-14(16(23)20-13-5-3-2-4-6-13)24-17(19-11)21-15(22)12-7-9-18-10-8-12/h7-10,13H,2-6H2,1H3,(H,20,23)(H,19,21,22). The van der Waals surface area contributed by atoms with Crippen LogP contribution in [0.3, 0.4) is 0 Å². The Bertz CT molecular complexity index is 723. The van der Waals surface area contributed by atoms with Crippen molar-refractivity contribution in [3.63, 3.8) is 0 Å². The topological polar surface area (TPSA) is 84.0 Å². The van der Waals surface area contributed by atoms with Crippen molar-refractivity contribution in [3.05, 3.63) is 40.7 Å². The number of aryl methyl sites for hydroxylation is 1. The molecule has 1 fully saturated rings. The number of nitrogens with zero attached hydrogens (tertiary/aromatic N) is 2. The van der Waals surface area contributed by atoms with Gasteiger partial charge in [0.1, 0.15) is 4.88 Å². The molecule has 0 saturated heterocycles. The summed E-state index contributed by atoms with van der Waals surface area (Å²) in [6.07, 6.45) is 8.78. The fraction of sp³-hybridized carbons (Fsp3) is 0.412. The smallest absolute Gasteiger partial charge is 0.263 e. The molecular weight excluding hydrogens is 324 g/mol. The van der Waals surface area contributed by atoms with Gasteiger partial charge < -0.3 is 5.32 Å². The molecule has 0 aliphatic heterocycles. The van der Waals surface area contributed by atoms with Gasteiger partial charge in [0.2, 0.25) is 0 Å². The first-order chi connectivity index (χ1) is 11.6. The van der Waals surface area contributed by atoms with Gasteiger partial charge in [-0.05, 0) is 31.9 Å². The Morgan fingerprint density at radius 3 is 2.54 bits per heavy atom. The first-order valence-electron chi connectivity index (χ1n) is 8.13. The molecule has 1 aliphatic rings. The lowest BCUT2D eigenvalue weighted by atomic mass is 9.95. The van der Waals surface area contributed by atoms with Crippen molar-refractivity contribution in [2.45, 2.75) is 45.1 Å². The molecule has 3 rings (SSSR count). The van der Waals surface area contributed by atoms with Gasteiger partial charge in [0.05, 0.1) is 5.69 Å². The SMILES string of the molecule is Cc1nc(NC(=O)c2ccncc2)sc1C(=O)NC1CCCCC1. The number of carbonyl (C=O) groups is 2. The minimum atomic E-state index is -0.259. The molecular formula is C17H20N4O2S. The van der Waals surface area contributed by atoms with Crippen LogP contribution in [0.4, 0.5) is 5.13 Å². The fourth-order valence-electron chi connectivity index (χ4n) is 2.83. The quantitative estimate of drug-likeness (QED) is 0.892. The average molecular weight is 344 g/mol. The van der Waals surface area contributed by atoms with E-state index in [9.17, 15) is 9.59 Å². The van der Waals surface area contributed by atoms with E-state index >= 15 is 0 Å². The molecule has 2 heterocycles. The molecule has 1 saturated carbocycles. The second kappa shape index (κ2) is 7.53. The highest BCUT2D eigenvalue weighted by Gasteiger charge is 2.21. The van der Waals surface area contributed by atoms with Crippen LogP contribution in [0.1, 0.15) is 57.8 Å². The first-order valence-corrected chi connectivity index (χ1v) is 8.95. The number of pyridine rings is 1. The number of thiazole rings is 1. The number of nitrogens with one attached hydrogen (secondary N) is 2. The number of rotatable bonds is 4. The van der Waals surface area contributed by atoms with E-state index in [1.54, 1.807) is 31.5 Å². The maximum absolute atomic E-state index is 12.4. The molecule has 0 radical (unpaired) electrons. The van der Waals surface area contributed by atoms with E-state index in [0.717, 1.165) is 12.8 Å². The summed E-state index contributed by atoms with van der Waals surface area (Å²) in [5.41, 5.74) is 1.14. The molecule has 24 heavy (non-hydrogen) atoms. The minimum Gasteiger partial charge on any atom is -0.349 e. The number of amides is 2. The van der Waals surface area contributed by atoms with E-state index in [-0.39, 0.29) is 17.9 Å². The van der Waals surface area contributed by atoms with Crippen molar-refractivity contribution < 1.29 is 9.59 Å². The van der Waals surface area contributed by atoms with Crippen LogP contribution >= 0.6 is 11.3 Å². The number of aromatic nitrogens is 2. The molecule has 0 spiro atoms. The summed E-state index contributed by atoms with van der Waals surface area (Å²) in [6.45, 7) is 1.79. The molecule has 0 atom stereocenters. The highest BCUT2D eigenvalue weighted by atomic mass is 32.1. The molecule has 7 heteroatoms. The summed E-state index contributed by atoms with van der Waals surface area (Å²) in [4.78, 5) is 33.3. The maximum atomic E-state index is 12.4. The van der Waals surface area contributed by atoms with E-state index in [2.05, 4.69) is 20.6 Å². The van der Waals surface area contributed by atoms with Crippen LogP contribution in [0.2, 0.25) is 0 Å². The normalized spacial score (nSPS) is 15.0. The zero-order chi connectivity index (χ0) is 16.9. The summed E-state index contributed by atoms with van der Waals surface area (Å²) in [7, 11) is 0. The second-order valence-electron chi connectivity index (χ2n) is 5.93. The average Bonchev–Trinajstić information content (AvgIpc) is 2.97. The lowest BCUT2D eigenvalue weighted by Crippen LogP contribution is -2.36. The lowest BCUT2D eigenvalue weighted by molar-refractivity contribution is 0.0930. The van der Waals surface area contributed by atoms with E-state index in [0.29, 0.717) is 21.3 Å². The number of anilines is 1. The second-order valence-corrected chi connectivity index (χ2v) is 6.93. The minimum absolute atomic E-state index is 0.0960. The monoisotopic (exact) mass is 344 g/mol. The van der Waals surface area contributed by atoms with Gasteiger partial charge in [-0.15, -0.1) is 0 Å². The number of carbonyl (C=O) groups excluding carboxylic acids is 2. The Balaban J connectivity index is 1.66. The van der Waals surface area contributed by atoms with Crippen LogP contribution < -0.4 is 10.6 Å². The first kappa shape index (κ1) is 16.6. The fourth-order valence-corrected chi connectivity index (χ4v) is 3.70. The van der Waals surface area contributed by atoms with Crippen molar-refractivity contribution in [1.82, 2.24) is 15.3 Å². The molecule has 2 amide bonds. The molecule has 126 valence electrons. The summed E-state index contributed by atoms with van der Waals surface area (Å²) < 4.78 is 0. The Kier molecular flexibility index (Phi) is 5.20. The third-order valence-corrected chi connectivity index (χ3v) is 5.18. The van der Waals surface area contributed by atoms with Gasteiger partial charge in [0.25, 0.3) is 11.8 Å². The zero-order valence-corrected chi connectivity index (χ0v) is 14.4. The van der Waals surface area contributed by atoms with E-state index < -0.39 is 0 Å². The molecule has 6 nitrogen and oxygen atoms in total. The molecule has 2 aromatic heterocycles. The van der Waals surface area contributed by atoms with Crippen LogP contribution in [-0.2, 0) is 0 Å². The van der Waals surface area contributed by atoms with Crippen molar-refractivity contribution in [3.8, 4) is 0 Å². The highest BCUT2D eigenvalue weighted by molar-refractivity contribution is 7.17. The zero-order valence-electron chi connectivity index (χ0n) is 13.5. The molecule has 0 unspecified atom stereocenters. The van der Waals surface area contributed by atoms with Crippen LogP contribution in [-0.4, -0.2) is 27.8 Å². The summed E-state index contributed by atoms with van der Waals surface area (Å²) in [5, 5.41) is 6.26. The van der Waals surface area contributed by atoms with Crippen LogP contribution in [0.15, 0.2) is 24.5 Å². The van der Waals surface area contributed by atoms with Gasteiger partial charge in [0.15, 0.2) is 5.13 Å². The largest absolute Gasteiger partial charge is 0.349 e. The Hall–Kier alpha value is -2.28. The summed E-state index contributed by atoms with van der Waals surface area (Å²) in [5.74, 6) is -0.355. The third kappa shape index (κ3) is 3.97. The summed E-state index contributed by atoms with van der Waals surface area (Å²) >= 11 is 1.21. The molecule has 0 bridgehead atoms. The van der Waals surface area contributed by atoms with Gasteiger partial charge in [-0.3, -0.25) is 19.9 Å². The van der Waals surface area contributed by atoms with Crippen LogP contribution in [0.25, 0.3) is 0 Å². The summed E-state index contributed by atoms with van der Waals surface area (Å²) in [6, 6.07) is 3.52. The Labute approximate surface area is 144 Å². The Morgan fingerprint density at radius 1 is 1.12 bits per heavy atom. The predicted molar refractivity (Wildman–Crippen MR) is 93.4 cm³/mol. The van der Waals surface area contributed by atoms with Crippen molar-refractivity contribution in [2.24, 2.45) is 0 Å². The predicted octanol–water partition coefficient (Wildman–Crippen LogP) is 3.16. The van der Waals surface area contributed by atoms with E-state index in [4.69, 9.17) is 0 Å². The molecule has 2 N–H and O–H groups in total. The van der Waals surface area contributed by atoms with Gasteiger partial charge >= 0.3 is 0 Å². The molecule has 1 aliphatic carbocycles. The van der Waals surface area contributed by atoms with Crippen LogP contribution in [0, 0.1) is 6.92 Å². The Morgan fingerprint density at radius 2 is 1.83 bits per heavy atom. The number of hydrogen-bond donors (Lipinski definition) is 2. The van der Waals surface area contributed by atoms with Crippen molar-refractivity contribution in [1.29, 1.82) is 0 Å². The van der Waals surface area contributed by atoms with Crippen molar-refractivity contribution in [2.75, 3.05) is 5.32 Å². The maximum Gasteiger partial charge on any atom is 0.263 e.